The molecule has 0 saturated carbocycles. The van der Waals surface area contributed by atoms with E-state index in [0.29, 0.717) is 23.4 Å². The molecule has 0 spiro atoms. The molecule has 0 atom stereocenters. The van der Waals surface area contributed by atoms with Crippen molar-refractivity contribution in [3.05, 3.63) is 53.6 Å². The van der Waals surface area contributed by atoms with E-state index in [9.17, 15) is 18.8 Å². The minimum atomic E-state index is -0.758. The first-order valence-electron chi connectivity index (χ1n) is 7.63. The standard InChI is InChI=1S/C17H15FN4O3/c18-13-7-14-10(3-4-15(23)22-14)6-12(13)17(25)20-9-16(24)21-11-2-1-5-19-8-11/h1-2,5-8H,3-4,9H2,(H,20,25)(H,21,24)(H,22,23). The Kier molecular flexibility index (Phi) is 4.69. The van der Waals surface area contributed by atoms with Gasteiger partial charge in [-0.2, -0.15) is 0 Å². The molecule has 0 fully saturated rings. The molecule has 2 heterocycles. The molecule has 7 nitrogen and oxygen atoms in total. The number of rotatable bonds is 4. The van der Waals surface area contributed by atoms with E-state index >= 15 is 0 Å². The second-order valence-corrected chi connectivity index (χ2v) is 5.51. The number of halogens is 1. The number of nitrogens with zero attached hydrogens (tertiary/aromatic N) is 1. The summed E-state index contributed by atoms with van der Waals surface area (Å²) in [5.74, 6) is -2.09. The Labute approximate surface area is 142 Å². The number of aryl methyl sites for hydroxylation is 1. The van der Waals surface area contributed by atoms with Crippen LogP contribution in [0.1, 0.15) is 22.3 Å². The van der Waals surface area contributed by atoms with Gasteiger partial charge in [-0.3, -0.25) is 19.4 Å². The van der Waals surface area contributed by atoms with E-state index in [2.05, 4.69) is 20.9 Å². The second kappa shape index (κ2) is 7.08. The Hall–Kier alpha value is -3.29. The summed E-state index contributed by atoms with van der Waals surface area (Å²) in [6.07, 6.45) is 3.76. The molecule has 3 amide bonds. The fourth-order valence-corrected chi connectivity index (χ4v) is 2.47. The van der Waals surface area contributed by atoms with Crippen molar-refractivity contribution < 1.29 is 18.8 Å². The molecule has 0 aliphatic carbocycles. The van der Waals surface area contributed by atoms with Crippen molar-refractivity contribution in [2.24, 2.45) is 0 Å². The van der Waals surface area contributed by atoms with E-state index in [4.69, 9.17) is 0 Å². The molecule has 8 heteroatoms. The van der Waals surface area contributed by atoms with Crippen LogP contribution in [-0.2, 0) is 16.0 Å². The predicted octanol–water partition coefficient (Wildman–Crippen LogP) is 1.47. The highest BCUT2D eigenvalue weighted by Crippen LogP contribution is 2.25. The summed E-state index contributed by atoms with van der Waals surface area (Å²) in [7, 11) is 0. The van der Waals surface area contributed by atoms with Gasteiger partial charge < -0.3 is 16.0 Å². The smallest absolute Gasteiger partial charge is 0.254 e. The number of amides is 3. The monoisotopic (exact) mass is 342 g/mol. The van der Waals surface area contributed by atoms with Crippen LogP contribution in [0.15, 0.2) is 36.7 Å². The van der Waals surface area contributed by atoms with E-state index in [-0.39, 0.29) is 24.4 Å². The van der Waals surface area contributed by atoms with E-state index in [1.54, 1.807) is 18.3 Å². The zero-order valence-electron chi connectivity index (χ0n) is 13.1. The fraction of sp³-hybridized carbons (Fsp3) is 0.176. The van der Waals surface area contributed by atoms with Gasteiger partial charge in [0, 0.05) is 18.3 Å². The van der Waals surface area contributed by atoms with Gasteiger partial charge in [-0.1, -0.05) is 0 Å². The van der Waals surface area contributed by atoms with Crippen LogP contribution in [-0.4, -0.2) is 29.3 Å². The summed E-state index contributed by atoms with van der Waals surface area (Å²) >= 11 is 0. The maximum atomic E-state index is 14.1. The molecule has 1 aromatic heterocycles. The lowest BCUT2D eigenvalue weighted by Gasteiger charge is -2.18. The topological polar surface area (TPSA) is 100 Å². The lowest BCUT2D eigenvalue weighted by atomic mass is 9.99. The van der Waals surface area contributed by atoms with Gasteiger partial charge in [0.15, 0.2) is 0 Å². The quantitative estimate of drug-likeness (QED) is 0.783. The van der Waals surface area contributed by atoms with Gasteiger partial charge >= 0.3 is 0 Å². The highest BCUT2D eigenvalue weighted by atomic mass is 19.1. The zero-order valence-corrected chi connectivity index (χ0v) is 13.1. The number of nitrogens with one attached hydrogen (secondary N) is 3. The minimum Gasteiger partial charge on any atom is -0.343 e. The van der Waals surface area contributed by atoms with E-state index in [1.165, 1.54) is 12.3 Å². The minimum absolute atomic E-state index is 0.163. The highest BCUT2D eigenvalue weighted by molar-refractivity contribution is 6.01. The second-order valence-electron chi connectivity index (χ2n) is 5.51. The first-order valence-corrected chi connectivity index (χ1v) is 7.63. The fourth-order valence-electron chi connectivity index (χ4n) is 2.47. The molecule has 0 bridgehead atoms. The Morgan fingerprint density at radius 2 is 2.12 bits per heavy atom. The number of pyridine rings is 1. The lowest BCUT2D eigenvalue weighted by Crippen LogP contribution is -2.33. The molecule has 3 rings (SSSR count). The third-order valence-corrected chi connectivity index (χ3v) is 3.69. The van der Waals surface area contributed by atoms with Gasteiger partial charge in [0.2, 0.25) is 11.8 Å². The molecular formula is C17H15FN4O3. The van der Waals surface area contributed by atoms with E-state index in [1.807, 2.05) is 0 Å². The molecule has 3 N–H and O–H groups in total. The molecule has 0 unspecified atom stereocenters. The number of hydrogen-bond acceptors (Lipinski definition) is 4. The third kappa shape index (κ3) is 3.97. The van der Waals surface area contributed by atoms with Gasteiger partial charge in [0.25, 0.3) is 5.91 Å². The molecule has 0 radical (unpaired) electrons. The number of benzene rings is 1. The average molecular weight is 342 g/mol. The van der Waals surface area contributed by atoms with Crippen LogP contribution >= 0.6 is 0 Å². The molecule has 1 aliphatic heterocycles. The van der Waals surface area contributed by atoms with Gasteiger partial charge in [-0.15, -0.1) is 0 Å². The van der Waals surface area contributed by atoms with Crippen molar-refractivity contribution in [3.8, 4) is 0 Å². The summed E-state index contributed by atoms with van der Waals surface area (Å²) in [6.45, 7) is -0.305. The van der Waals surface area contributed by atoms with Crippen LogP contribution in [0, 0.1) is 5.82 Å². The van der Waals surface area contributed by atoms with E-state index < -0.39 is 17.6 Å². The number of aromatic nitrogens is 1. The molecule has 2 aromatic rings. The number of hydrogen-bond donors (Lipinski definition) is 3. The van der Waals surface area contributed by atoms with Crippen LogP contribution in [0.4, 0.5) is 15.8 Å². The third-order valence-electron chi connectivity index (χ3n) is 3.69. The molecule has 0 saturated heterocycles. The van der Waals surface area contributed by atoms with Crippen molar-refractivity contribution in [1.29, 1.82) is 0 Å². The Morgan fingerprint density at radius 1 is 1.28 bits per heavy atom. The highest BCUT2D eigenvalue weighted by Gasteiger charge is 2.20. The molecule has 25 heavy (non-hydrogen) atoms. The normalized spacial score (nSPS) is 12.8. The molecule has 1 aromatic carbocycles. The average Bonchev–Trinajstić information content (AvgIpc) is 2.60. The van der Waals surface area contributed by atoms with Crippen molar-refractivity contribution >= 4 is 29.1 Å². The lowest BCUT2D eigenvalue weighted by molar-refractivity contribution is -0.116. The Balaban J connectivity index is 1.63. The van der Waals surface area contributed by atoms with Crippen molar-refractivity contribution in [3.63, 3.8) is 0 Å². The summed E-state index contributed by atoms with van der Waals surface area (Å²) in [5.41, 5.74) is 1.40. The van der Waals surface area contributed by atoms with Gasteiger partial charge in [-0.05, 0) is 36.2 Å². The SMILES string of the molecule is O=C(CNC(=O)c1cc2c(cc1F)NC(=O)CC2)Nc1cccnc1. The van der Waals surface area contributed by atoms with Crippen LogP contribution in [0.3, 0.4) is 0 Å². The molecule has 1 aliphatic rings. The maximum Gasteiger partial charge on any atom is 0.254 e. The number of carbonyl (C=O) groups excluding carboxylic acids is 3. The zero-order chi connectivity index (χ0) is 17.8. The van der Waals surface area contributed by atoms with Gasteiger partial charge in [-0.25, -0.2) is 4.39 Å². The Morgan fingerprint density at radius 3 is 2.88 bits per heavy atom. The van der Waals surface area contributed by atoms with Crippen molar-refractivity contribution in [2.75, 3.05) is 17.2 Å². The largest absolute Gasteiger partial charge is 0.343 e. The number of anilines is 2. The summed E-state index contributed by atoms with van der Waals surface area (Å²) in [6, 6.07) is 5.84. The molecule has 128 valence electrons. The first kappa shape index (κ1) is 16.6. The van der Waals surface area contributed by atoms with Crippen LogP contribution in [0.5, 0.6) is 0 Å². The summed E-state index contributed by atoms with van der Waals surface area (Å²) in [5, 5.41) is 7.50. The number of fused-ring (bicyclic) bond motifs is 1. The van der Waals surface area contributed by atoms with Crippen LogP contribution < -0.4 is 16.0 Å². The first-order chi connectivity index (χ1) is 12.0. The Bertz CT molecular complexity index is 839. The number of carbonyl (C=O) groups is 3. The van der Waals surface area contributed by atoms with Crippen molar-refractivity contribution in [1.82, 2.24) is 10.3 Å². The van der Waals surface area contributed by atoms with Crippen LogP contribution in [0.25, 0.3) is 0 Å². The van der Waals surface area contributed by atoms with Gasteiger partial charge in [0.1, 0.15) is 5.82 Å². The predicted molar refractivity (Wildman–Crippen MR) is 88.6 cm³/mol. The summed E-state index contributed by atoms with van der Waals surface area (Å²) in [4.78, 5) is 39.1. The summed E-state index contributed by atoms with van der Waals surface area (Å²) < 4.78 is 14.1. The van der Waals surface area contributed by atoms with Crippen molar-refractivity contribution in [2.45, 2.75) is 12.8 Å². The van der Waals surface area contributed by atoms with Gasteiger partial charge in [0.05, 0.1) is 24.0 Å². The maximum absolute atomic E-state index is 14.1. The van der Waals surface area contributed by atoms with Crippen LogP contribution in [0.2, 0.25) is 0 Å². The van der Waals surface area contributed by atoms with E-state index in [0.717, 1.165) is 6.07 Å². The molecular weight excluding hydrogens is 327 g/mol.